The fraction of sp³-hybridized carbons (Fsp3) is 0.754. The molecule has 0 spiro atoms. The lowest BCUT2D eigenvalue weighted by atomic mass is 10.0. The van der Waals surface area contributed by atoms with Crippen molar-refractivity contribution in [3.8, 4) is 0 Å². The first-order chi connectivity index (χ1) is 37.0. The van der Waals surface area contributed by atoms with Crippen molar-refractivity contribution in [1.82, 2.24) is 0 Å². The highest BCUT2D eigenvalue weighted by Gasteiger charge is 2.19. The molecule has 0 radical (unpaired) electrons. The largest absolute Gasteiger partial charge is 0.462 e. The average Bonchev–Trinajstić information content (AvgIpc) is 3.41. The van der Waals surface area contributed by atoms with Crippen LogP contribution in [0.25, 0.3) is 0 Å². The van der Waals surface area contributed by atoms with E-state index in [2.05, 4.69) is 106 Å². The van der Waals surface area contributed by atoms with Crippen molar-refractivity contribution in [3.05, 3.63) is 85.1 Å². The lowest BCUT2D eigenvalue weighted by Crippen LogP contribution is -2.30. The summed E-state index contributed by atoms with van der Waals surface area (Å²) in [4.78, 5) is 38.0. The van der Waals surface area contributed by atoms with Gasteiger partial charge in [-0.2, -0.15) is 0 Å². The zero-order valence-corrected chi connectivity index (χ0v) is 49.6. The molecule has 0 aliphatic heterocycles. The number of carbonyl (C=O) groups excluding carboxylic acids is 3. The summed E-state index contributed by atoms with van der Waals surface area (Å²) in [6.45, 7) is 6.49. The van der Waals surface area contributed by atoms with Gasteiger partial charge in [0.2, 0.25) is 0 Å². The summed E-state index contributed by atoms with van der Waals surface area (Å²) in [7, 11) is 0. The molecule has 0 bridgehead atoms. The van der Waals surface area contributed by atoms with Crippen LogP contribution in [-0.4, -0.2) is 37.2 Å². The maximum atomic E-state index is 12.8. The molecule has 0 aromatic rings. The first kappa shape index (κ1) is 71.6. The fourth-order valence-electron chi connectivity index (χ4n) is 9.13. The molecular formula is C69H120O6. The van der Waals surface area contributed by atoms with Gasteiger partial charge in [0.05, 0.1) is 0 Å². The van der Waals surface area contributed by atoms with Gasteiger partial charge in [-0.1, -0.05) is 305 Å². The summed E-state index contributed by atoms with van der Waals surface area (Å²) >= 11 is 0. The second-order valence-electron chi connectivity index (χ2n) is 21.3. The predicted octanol–water partition coefficient (Wildman–Crippen LogP) is 21.9. The number of esters is 3. The van der Waals surface area contributed by atoms with Crippen molar-refractivity contribution >= 4 is 17.9 Å². The first-order valence-electron chi connectivity index (χ1n) is 32.1. The minimum atomic E-state index is -0.777. The molecule has 0 saturated heterocycles. The molecule has 0 aromatic carbocycles. The van der Waals surface area contributed by atoms with Gasteiger partial charge in [0.15, 0.2) is 6.10 Å². The van der Waals surface area contributed by atoms with Crippen LogP contribution in [0.1, 0.15) is 316 Å². The Morgan fingerprint density at radius 2 is 0.520 bits per heavy atom. The van der Waals surface area contributed by atoms with E-state index in [-0.39, 0.29) is 31.1 Å². The van der Waals surface area contributed by atoms with Gasteiger partial charge in [0.25, 0.3) is 0 Å². The standard InChI is InChI=1S/C69H120O6/c1-4-7-10-13-16-18-20-22-24-26-28-30-32-33-34-35-36-37-38-40-41-43-45-47-49-51-53-56-59-62-68(71)74-65-66(64-73-67(70)61-58-55-15-12-9-6-3)75-69(72)63-60-57-54-52-50-48-46-44-42-39-31-29-27-25-23-21-19-17-14-11-8-5-2/h7,10,16,18,22,24,28,30,33-34,36-37,40-41,66H,4-6,8-9,11-15,17,19-21,23,25-27,29,31-32,35,38-39,42-65H2,1-3H3/b10-7-,18-16-,24-22-,30-28-,34-33-,37-36-,41-40-. The minimum Gasteiger partial charge on any atom is -0.462 e. The predicted molar refractivity (Wildman–Crippen MR) is 325 cm³/mol. The van der Waals surface area contributed by atoms with Crippen molar-refractivity contribution in [2.75, 3.05) is 13.2 Å². The normalized spacial score (nSPS) is 12.6. The van der Waals surface area contributed by atoms with Crippen molar-refractivity contribution in [1.29, 1.82) is 0 Å². The molecule has 1 atom stereocenters. The van der Waals surface area contributed by atoms with Gasteiger partial charge in [-0.3, -0.25) is 14.4 Å². The molecule has 6 heteroatoms. The summed E-state index contributed by atoms with van der Waals surface area (Å²) in [5, 5.41) is 0. The van der Waals surface area contributed by atoms with Gasteiger partial charge < -0.3 is 14.2 Å². The second-order valence-corrected chi connectivity index (χ2v) is 21.3. The maximum Gasteiger partial charge on any atom is 0.306 e. The Hall–Kier alpha value is -3.41. The molecule has 0 aliphatic carbocycles. The zero-order valence-electron chi connectivity index (χ0n) is 49.6. The Balaban J connectivity index is 4.11. The number of hydrogen-bond donors (Lipinski definition) is 0. The van der Waals surface area contributed by atoms with E-state index < -0.39 is 6.10 Å². The third kappa shape index (κ3) is 61.3. The van der Waals surface area contributed by atoms with Crippen LogP contribution in [0, 0.1) is 0 Å². The van der Waals surface area contributed by atoms with E-state index in [1.54, 1.807) is 0 Å². The molecule has 0 rings (SSSR count). The molecule has 0 aliphatic rings. The summed E-state index contributed by atoms with van der Waals surface area (Å²) in [5.41, 5.74) is 0. The van der Waals surface area contributed by atoms with Crippen LogP contribution in [-0.2, 0) is 28.6 Å². The number of allylic oxidation sites excluding steroid dienone is 14. The van der Waals surface area contributed by atoms with Gasteiger partial charge in [0.1, 0.15) is 13.2 Å². The van der Waals surface area contributed by atoms with Crippen LogP contribution in [0.4, 0.5) is 0 Å². The number of ether oxygens (including phenoxy) is 3. The third-order valence-electron chi connectivity index (χ3n) is 13.9. The Morgan fingerprint density at radius 1 is 0.280 bits per heavy atom. The Bertz CT molecular complexity index is 1430. The highest BCUT2D eigenvalue weighted by atomic mass is 16.6. The zero-order chi connectivity index (χ0) is 54.3. The average molecular weight is 1050 g/mol. The molecule has 0 heterocycles. The molecule has 6 nitrogen and oxygen atoms in total. The van der Waals surface area contributed by atoms with E-state index in [0.717, 1.165) is 109 Å². The van der Waals surface area contributed by atoms with Crippen LogP contribution in [0.2, 0.25) is 0 Å². The van der Waals surface area contributed by atoms with Gasteiger partial charge in [-0.15, -0.1) is 0 Å². The minimum absolute atomic E-state index is 0.0771. The Kier molecular flexibility index (Phi) is 60.3. The Morgan fingerprint density at radius 3 is 0.813 bits per heavy atom. The van der Waals surface area contributed by atoms with Crippen LogP contribution in [0.5, 0.6) is 0 Å². The van der Waals surface area contributed by atoms with E-state index in [1.807, 2.05) is 0 Å². The van der Waals surface area contributed by atoms with Crippen molar-refractivity contribution in [3.63, 3.8) is 0 Å². The van der Waals surface area contributed by atoms with E-state index in [1.165, 1.54) is 167 Å². The van der Waals surface area contributed by atoms with Crippen molar-refractivity contribution in [2.24, 2.45) is 0 Å². The summed E-state index contributed by atoms with van der Waals surface area (Å²) in [6, 6.07) is 0. The van der Waals surface area contributed by atoms with Gasteiger partial charge in [-0.05, 0) is 77.0 Å². The van der Waals surface area contributed by atoms with Crippen LogP contribution in [0.15, 0.2) is 85.1 Å². The number of rotatable bonds is 58. The van der Waals surface area contributed by atoms with Gasteiger partial charge in [0, 0.05) is 19.3 Å². The lowest BCUT2D eigenvalue weighted by Gasteiger charge is -2.18. The van der Waals surface area contributed by atoms with Crippen molar-refractivity contribution < 1.29 is 28.6 Å². The molecule has 0 saturated carbocycles. The monoisotopic (exact) mass is 1040 g/mol. The highest BCUT2D eigenvalue weighted by molar-refractivity contribution is 5.71. The fourth-order valence-corrected chi connectivity index (χ4v) is 9.13. The molecular weight excluding hydrogens is 925 g/mol. The summed E-state index contributed by atoms with van der Waals surface area (Å²) < 4.78 is 16.8. The molecule has 0 amide bonds. The van der Waals surface area contributed by atoms with E-state index in [9.17, 15) is 14.4 Å². The van der Waals surface area contributed by atoms with E-state index in [0.29, 0.717) is 19.3 Å². The molecule has 0 fully saturated rings. The van der Waals surface area contributed by atoms with E-state index in [4.69, 9.17) is 14.2 Å². The number of unbranched alkanes of at least 4 members (excludes halogenated alkanes) is 33. The van der Waals surface area contributed by atoms with Crippen LogP contribution in [0.3, 0.4) is 0 Å². The third-order valence-corrected chi connectivity index (χ3v) is 13.9. The molecule has 0 aromatic heterocycles. The SMILES string of the molecule is CC/C=C\C/C=C\C/C=C\C/C=C\C/C=C\C/C=C\C/C=C\CCCCCCCCCC(=O)OCC(COC(=O)CCCCCCCC)OC(=O)CCCCCCCCCCCCCCCCCCCCCCCC. The van der Waals surface area contributed by atoms with Gasteiger partial charge >= 0.3 is 17.9 Å². The Labute approximate surface area is 465 Å². The summed E-state index contributed by atoms with van der Waals surface area (Å²) in [5.74, 6) is -0.885. The quantitative estimate of drug-likeness (QED) is 0.0261. The number of carbonyl (C=O) groups is 3. The highest BCUT2D eigenvalue weighted by Crippen LogP contribution is 2.17. The van der Waals surface area contributed by atoms with Crippen LogP contribution >= 0.6 is 0 Å². The van der Waals surface area contributed by atoms with Gasteiger partial charge in [-0.25, -0.2) is 0 Å². The second kappa shape index (κ2) is 63.1. The molecule has 432 valence electrons. The first-order valence-corrected chi connectivity index (χ1v) is 32.1. The van der Waals surface area contributed by atoms with E-state index >= 15 is 0 Å². The summed E-state index contributed by atoms with van der Waals surface area (Å²) in [6.07, 6.45) is 83.4. The lowest BCUT2D eigenvalue weighted by molar-refractivity contribution is -0.167. The topological polar surface area (TPSA) is 78.9 Å². The van der Waals surface area contributed by atoms with Crippen LogP contribution < -0.4 is 0 Å². The molecule has 1 unspecified atom stereocenters. The van der Waals surface area contributed by atoms with Crippen molar-refractivity contribution in [2.45, 2.75) is 322 Å². The number of hydrogen-bond acceptors (Lipinski definition) is 6. The maximum absolute atomic E-state index is 12.8. The molecule has 75 heavy (non-hydrogen) atoms. The molecule has 0 N–H and O–H groups in total. The smallest absolute Gasteiger partial charge is 0.306 e.